The van der Waals surface area contributed by atoms with Gasteiger partial charge < -0.3 is 9.47 Å². The van der Waals surface area contributed by atoms with Crippen molar-refractivity contribution in [2.75, 3.05) is 7.11 Å². The predicted octanol–water partition coefficient (Wildman–Crippen LogP) is 6.15. The smallest absolute Gasteiger partial charge is 0.314 e. The first-order chi connectivity index (χ1) is 16.6. The highest BCUT2D eigenvalue weighted by atomic mass is 79.9. The van der Waals surface area contributed by atoms with Crippen LogP contribution in [0.5, 0.6) is 11.5 Å². The Labute approximate surface area is 209 Å². The Balaban J connectivity index is 1.50. The first-order valence-electron chi connectivity index (χ1n) is 10.8. The van der Waals surface area contributed by atoms with Crippen molar-refractivity contribution in [2.24, 2.45) is 5.10 Å². The van der Waals surface area contributed by atoms with Crippen LogP contribution in [0.1, 0.15) is 29.2 Å². The molecule has 1 N–H and O–H groups in total. The molecule has 3 heterocycles. The summed E-state index contributed by atoms with van der Waals surface area (Å²) in [6, 6.07) is 23.7. The standard InChI is InChI=1S/C26H20BrN3O3S/c1-32-19-10-7-16(8-11-19)13-24-26(28-25(31)34-24)30-22(20-14-18(27)9-12-23(20)33-26)15-21(29-30)17-5-3-2-4-6-17/h2-14,22H,15H2,1H3,(H,28,31)/b24-13-/t22-,26+/m1/s1. The topological polar surface area (TPSA) is 63.2 Å². The van der Waals surface area contributed by atoms with Crippen LogP contribution in [0.3, 0.4) is 0 Å². The summed E-state index contributed by atoms with van der Waals surface area (Å²) >= 11 is 4.73. The quantitative estimate of drug-likeness (QED) is 0.437. The average molecular weight is 534 g/mol. The molecule has 0 unspecified atom stereocenters. The molecule has 0 bridgehead atoms. The van der Waals surface area contributed by atoms with Gasteiger partial charge in [-0.3, -0.25) is 10.1 Å². The first kappa shape index (κ1) is 21.3. The zero-order chi connectivity index (χ0) is 23.3. The second-order valence-corrected chi connectivity index (χ2v) is 10.1. The van der Waals surface area contributed by atoms with E-state index >= 15 is 0 Å². The number of hydrazone groups is 1. The van der Waals surface area contributed by atoms with E-state index in [-0.39, 0.29) is 11.3 Å². The molecule has 34 heavy (non-hydrogen) atoms. The number of amides is 1. The Morgan fingerprint density at radius 2 is 1.97 bits per heavy atom. The highest BCUT2D eigenvalue weighted by Crippen LogP contribution is 2.53. The van der Waals surface area contributed by atoms with Gasteiger partial charge in [-0.15, -0.1) is 0 Å². The Morgan fingerprint density at radius 3 is 2.74 bits per heavy atom. The molecule has 1 amide bonds. The first-order valence-corrected chi connectivity index (χ1v) is 12.4. The molecule has 6 rings (SSSR count). The molecule has 0 aromatic heterocycles. The van der Waals surface area contributed by atoms with Crippen molar-refractivity contribution in [3.05, 3.63) is 98.9 Å². The number of halogens is 1. The Morgan fingerprint density at radius 1 is 1.18 bits per heavy atom. The van der Waals surface area contributed by atoms with Crippen LogP contribution in [0.2, 0.25) is 0 Å². The fourth-order valence-electron chi connectivity index (χ4n) is 4.55. The zero-order valence-electron chi connectivity index (χ0n) is 18.2. The molecule has 170 valence electrons. The molecule has 1 spiro atoms. The van der Waals surface area contributed by atoms with E-state index in [4.69, 9.17) is 14.6 Å². The number of carbonyl (C=O) groups excluding carboxylic acids is 1. The summed E-state index contributed by atoms with van der Waals surface area (Å²) in [4.78, 5) is 13.5. The molecule has 2 atom stereocenters. The van der Waals surface area contributed by atoms with Crippen LogP contribution in [0.25, 0.3) is 6.08 Å². The average Bonchev–Trinajstić information content (AvgIpc) is 3.44. The molecular formula is C26H20BrN3O3S. The zero-order valence-corrected chi connectivity index (χ0v) is 20.6. The van der Waals surface area contributed by atoms with Crippen LogP contribution in [0.4, 0.5) is 4.79 Å². The van der Waals surface area contributed by atoms with Crippen molar-refractivity contribution >= 4 is 44.7 Å². The highest BCUT2D eigenvalue weighted by molar-refractivity contribution is 9.10. The lowest BCUT2D eigenvalue weighted by Crippen LogP contribution is -2.61. The lowest BCUT2D eigenvalue weighted by Gasteiger charge is -2.45. The second-order valence-electron chi connectivity index (χ2n) is 8.20. The fourth-order valence-corrected chi connectivity index (χ4v) is 5.83. The van der Waals surface area contributed by atoms with Gasteiger partial charge in [0.15, 0.2) is 0 Å². The van der Waals surface area contributed by atoms with Crippen molar-refractivity contribution in [3.8, 4) is 11.5 Å². The third kappa shape index (κ3) is 3.49. The Bertz CT molecular complexity index is 1340. The van der Waals surface area contributed by atoms with Gasteiger partial charge in [-0.1, -0.05) is 58.4 Å². The number of benzene rings is 3. The summed E-state index contributed by atoms with van der Waals surface area (Å²) in [5.74, 6) is 0.289. The van der Waals surface area contributed by atoms with Crippen molar-refractivity contribution < 1.29 is 14.3 Å². The van der Waals surface area contributed by atoms with Crippen LogP contribution in [0, 0.1) is 0 Å². The predicted molar refractivity (Wildman–Crippen MR) is 137 cm³/mol. The van der Waals surface area contributed by atoms with Crippen LogP contribution in [-0.2, 0) is 0 Å². The van der Waals surface area contributed by atoms with Gasteiger partial charge in [0.05, 0.1) is 23.8 Å². The van der Waals surface area contributed by atoms with Gasteiger partial charge in [0.2, 0.25) is 0 Å². The van der Waals surface area contributed by atoms with E-state index in [9.17, 15) is 4.79 Å². The van der Waals surface area contributed by atoms with Crippen LogP contribution in [-0.4, -0.2) is 28.9 Å². The summed E-state index contributed by atoms with van der Waals surface area (Å²) in [5.41, 5.74) is 3.98. The molecule has 3 aromatic carbocycles. The van der Waals surface area contributed by atoms with Crippen LogP contribution in [0.15, 0.2) is 87.3 Å². The largest absolute Gasteiger partial charge is 0.497 e. The minimum Gasteiger partial charge on any atom is -0.497 e. The summed E-state index contributed by atoms with van der Waals surface area (Å²) in [5, 5.41) is 9.83. The van der Waals surface area contributed by atoms with Gasteiger partial charge in [-0.2, -0.15) is 5.10 Å². The molecule has 0 aliphatic carbocycles. The molecule has 3 aliphatic heterocycles. The van der Waals surface area contributed by atoms with Gasteiger partial charge in [0, 0.05) is 16.5 Å². The number of hydrogen-bond acceptors (Lipinski definition) is 6. The van der Waals surface area contributed by atoms with Crippen LogP contribution >= 0.6 is 27.7 Å². The number of hydrogen-bond donors (Lipinski definition) is 1. The maximum absolute atomic E-state index is 12.8. The summed E-state index contributed by atoms with van der Waals surface area (Å²) in [6.07, 6.45) is 2.67. The Hall–Kier alpha value is -3.23. The van der Waals surface area contributed by atoms with Gasteiger partial charge >= 0.3 is 5.85 Å². The molecule has 6 nitrogen and oxygen atoms in total. The highest BCUT2D eigenvalue weighted by Gasteiger charge is 2.58. The minimum atomic E-state index is -1.22. The number of carbonyl (C=O) groups is 1. The number of thioether (sulfide) groups is 1. The third-order valence-electron chi connectivity index (χ3n) is 6.15. The number of rotatable bonds is 3. The van der Waals surface area contributed by atoms with Gasteiger partial charge in [0.1, 0.15) is 11.5 Å². The van der Waals surface area contributed by atoms with Crippen molar-refractivity contribution in [3.63, 3.8) is 0 Å². The normalized spacial score (nSPS) is 23.9. The van der Waals surface area contributed by atoms with E-state index in [1.54, 1.807) is 7.11 Å². The van der Waals surface area contributed by atoms with Crippen molar-refractivity contribution in [1.82, 2.24) is 10.3 Å². The van der Waals surface area contributed by atoms with Gasteiger partial charge in [0.25, 0.3) is 5.24 Å². The summed E-state index contributed by atoms with van der Waals surface area (Å²) in [7, 11) is 1.64. The third-order valence-corrected chi connectivity index (χ3v) is 7.55. The minimum absolute atomic E-state index is 0.0882. The SMILES string of the molecule is COc1ccc(/C=C2\SC(=O)N[C@@]23Oc2ccc(Br)cc2[C@H]2CC(c4ccccc4)=NN23)cc1. The number of nitrogens with zero attached hydrogens (tertiary/aromatic N) is 2. The maximum Gasteiger partial charge on any atom is 0.314 e. The molecule has 0 saturated carbocycles. The fraction of sp³-hybridized carbons (Fsp3) is 0.154. The van der Waals surface area contributed by atoms with E-state index in [0.717, 1.165) is 55.0 Å². The molecule has 8 heteroatoms. The lowest BCUT2D eigenvalue weighted by molar-refractivity contribution is -0.0949. The molecule has 1 fully saturated rings. The molecule has 3 aliphatic rings. The monoisotopic (exact) mass is 533 g/mol. The van der Waals surface area contributed by atoms with E-state index in [1.807, 2.05) is 65.7 Å². The van der Waals surface area contributed by atoms with Crippen LogP contribution < -0.4 is 14.8 Å². The van der Waals surface area contributed by atoms with E-state index in [1.165, 1.54) is 0 Å². The second kappa shape index (κ2) is 8.21. The van der Waals surface area contributed by atoms with Crippen molar-refractivity contribution in [1.29, 1.82) is 0 Å². The summed E-state index contributed by atoms with van der Waals surface area (Å²) < 4.78 is 12.8. The molecule has 1 saturated heterocycles. The number of fused-ring (bicyclic) bond motifs is 4. The lowest BCUT2D eigenvalue weighted by atomic mass is 9.95. The van der Waals surface area contributed by atoms with Crippen molar-refractivity contribution in [2.45, 2.75) is 18.3 Å². The number of nitrogens with one attached hydrogen (secondary N) is 1. The maximum atomic E-state index is 12.8. The number of methoxy groups -OCH3 is 1. The van der Waals surface area contributed by atoms with E-state index in [2.05, 4.69) is 39.4 Å². The summed E-state index contributed by atoms with van der Waals surface area (Å²) in [6.45, 7) is 0. The molecule has 3 aromatic rings. The number of ether oxygens (including phenoxy) is 2. The molecule has 0 radical (unpaired) electrons. The molecular weight excluding hydrogens is 514 g/mol. The van der Waals surface area contributed by atoms with E-state index in [0.29, 0.717) is 6.42 Å². The Kier molecular flexibility index (Phi) is 5.15. The van der Waals surface area contributed by atoms with Gasteiger partial charge in [-0.25, -0.2) is 5.01 Å². The van der Waals surface area contributed by atoms with Gasteiger partial charge in [-0.05, 0) is 59.3 Å². The van der Waals surface area contributed by atoms with E-state index < -0.39 is 5.85 Å².